The summed E-state index contributed by atoms with van der Waals surface area (Å²) in [7, 11) is 1.89. The largest absolute Gasteiger partial charge is 0.340 e. The van der Waals surface area contributed by atoms with E-state index in [1.807, 2.05) is 53.0 Å². The molecule has 0 spiro atoms. The molecule has 0 radical (unpaired) electrons. The van der Waals surface area contributed by atoms with Gasteiger partial charge in [-0.15, -0.1) is 0 Å². The molecule has 2 aromatic carbocycles. The Morgan fingerprint density at radius 3 is 2.48 bits per heavy atom. The SMILES string of the molecule is CN(CCCc1ccccc1)C(=O)c1nn(-c2ccccc2)c2c1CCC2. The highest BCUT2D eigenvalue weighted by molar-refractivity contribution is 5.94. The fourth-order valence-corrected chi connectivity index (χ4v) is 3.84. The maximum absolute atomic E-state index is 13.0. The molecule has 0 saturated heterocycles. The minimum atomic E-state index is 0.0379. The van der Waals surface area contributed by atoms with Crippen molar-refractivity contribution in [3.05, 3.63) is 83.2 Å². The highest BCUT2D eigenvalue weighted by Gasteiger charge is 2.28. The number of hydrogen-bond donors (Lipinski definition) is 0. The van der Waals surface area contributed by atoms with Gasteiger partial charge in [0.2, 0.25) is 0 Å². The van der Waals surface area contributed by atoms with Crippen LogP contribution in [0.2, 0.25) is 0 Å². The van der Waals surface area contributed by atoms with Crippen molar-refractivity contribution in [1.29, 1.82) is 0 Å². The Morgan fingerprint density at radius 2 is 1.74 bits per heavy atom. The van der Waals surface area contributed by atoms with Crippen LogP contribution in [0.5, 0.6) is 0 Å². The van der Waals surface area contributed by atoms with Crippen molar-refractivity contribution >= 4 is 5.91 Å². The molecule has 0 unspecified atom stereocenters. The predicted octanol–water partition coefficient (Wildman–Crippen LogP) is 4.07. The Hall–Kier alpha value is -2.88. The van der Waals surface area contributed by atoms with Gasteiger partial charge in [0, 0.05) is 24.8 Å². The number of hydrogen-bond acceptors (Lipinski definition) is 2. The van der Waals surface area contributed by atoms with Gasteiger partial charge in [-0.05, 0) is 49.8 Å². The standard InChI is InChI=1S/C23H25N3O/c1-25(17-9-12-18-10-4-2-5-11-18)23(27)22-20-15-8-16-21(20)26(24-22)19-13-6-3-7-14-19/h2-7,10-11,13-14H,8-9,12,15-17H2,1H3. The zero-order valence-electron chi connectivity index (χ0n) is 15.8. The highest BCUT2D eigenvalue weighted by atomic mass is 16.2. The molecule has 4 heteroatoms. The maximum Gasteiger partial charge on any atom is 0.274 e. The van der Waals surface area contributed by atoms with Gasteiger partial charge in [-0.3, -0.25) is 4.79 Å². The van der Waals surface area contributed by atoms with E-state index >= 15 is 0 Å². The summed E-state index contributed by atoms with van der Waals surface area (Å²) in [6, 6.07) is 20.5. The third-order valence-corrected chi connectivity index (χ3v) is 5.28. The molecule has 0 saturated carbocycles. The topological polar surface area (TPSA) is 38.1 Å². The molecule has 0 N–H and O–H groups in total. The third kappa shape index (κ3) is 3.65. The van der Waals surface area contributed by atoms with Gasteiger partial charge in [0.05, 0.1) is 5.69 Å². The first-order valence-corrected chi connectivity index (χ1v) is 9.69. The normalized spacial score (nSPS) is 12.8. The number of para-hydroxylation sites is 1. The second-order valence-electron chi connectivity index (χ2n) is 7.19. The summed E-state index contributed by atoms with van der Waals surface area (Å²) in [4.78, 5) is 14.9. The van der Waals surface area contributed by atoms with E-state index in [0.29, 0.717) is 5.69 Å². The van der Waals surface area contributed by atoms with Crippen LogP contribution in [0.1, 0.15) is 40.2 Å². The minimum Gasteiger partial charge on any atom is -0.340 e. The van der Waals surface area contributed by atoms with Crippen molar-refractivity contribution in [2.45, 2.75) is 32.1 Å². The van der Waals surface area contributed by atoms with Crippen LogP contribution in [0.25, 0.3) is 5.69 Å². The Balaban J connectivity index is 1.48. The number of carbonyl (C=O) groups is 1. The van der Waals surface area contributed by atoms with Crippen LogP contribution in [0, 0.1) is 0 Å². The smallest absolute Gasteiger partial charge is 0.274 e. The lowest BCUT2D eigenvalue weighted by Crippen LogP contribution is -2.29. The molecular formula is C23H25N3O. The molecule has 4 nitrogen and oxygen atoms in total. The van der Waals surface area contributed by atoms with Gasteiger partial charge in [-0.2, -0.15) is 5.10 Å². The fraction of sp³-hybridized carbons (Fsp3) is 0.304. The summed E-state index contributed by atoms with van der Waals surface area (Å²) in [5.41, 5.74) is 5.31. The first-order chi connectivity index (χ1) is 13.2. The molecule has 1 heterocycles. The summed E-state index contributed by atoms with van der Waals surface area (Å²) in [5.74, 6) is 0.0379. The molecule has 1 aromatic heterocycles. The number of fused-ring (bicyclic) bond motifs is 1. The van der Waals surface area contributed by atoms with Gasteiger partial charge in [0.1, 0.15) is 0 Å². The lowest BCUT2D eigenvalue weighted by Gasteiger charge is -2.16. The second kappa shape index (κ2) is 7.78. The summed E-state index contributed by atoms with van der Waals surface area (Å²) < 4.78 is 1.97. The van der Waals surface area contributed by atoms with E-state index in [-0.39, 0.29) is 5.91 Å². The lowest BCUT2D eigenvalue weighted by molar-refractivity contribution is 0.0786. The van der Waals surface area contributed by atoms with Crippen molar-refractivity contribution < 1.29 is 4.79 Å². The van der Waals surface area contributed by atoms with E-state index in [1.165, 1.54) is 11.3 Å². The van der Waals surface area contributed by atoms with Crippen LogP contribution >= 0.6 is 0 Å². The number of aryl methyl sites for hydroxylation is 1. The summed E-state index contributed by atoms with van der Waals surface area (Å²) >= 11 is 0. The molecule has 4 rings (SSSR count). The van der Waals surface area contributed by atoms with Gasteiger partial charge in [0.15, 0.2) is 5.69 Å². The van der Waals surface area contributed by atoms with Crippen LogP contribution in [-0.2, 0) is 19.3 Å². The predicted molar refractivity (Wildman–Crippen MR) is 107 cm³/mol. The molecule has 3 aromatic rings. The van der Waals surface area contributed by atoms with Gasteiger partial charge in [-0.1, -0.05) is 48.5 Å². The third-order valence-electron chi connectivity index (χ3n) is 5.28. The zero-order chi connectivity index (χ0) is 18.6. The molecule has 1 amide bonds. The van der Waals surface area contributed by atoms with Crippen molar-refractivity contribution in [3.63, 3.8) is 0 Å². The molecular weight excluding hydrogens is 334 g/mol. The number of amides is 1. The van der Waals surface area contributed by atoms with Crippen LogP contribution < -0.4 is 0 Å². The van der Waals surface area contributed by atoms with E-state index in [2.05, 4.69) is 24.3 Å². The van der Waals surface area contributed by atoms with Crippen molar-refractivity contribution in [2.24, 2.45) is 0 Å². The Morgan fingerprint density at radius 1 is 1.04 bits per heavy atom. The molecule has 1 aliphatic carbocycles. The fourth-order valence-electron chi connectivity index (χ4n) is 3.84. The monoisotopic (exact) mass is 359 g/mol. The van der Waals surface area contributed by atoms with Gasteiger partial charge < -0.3 is 4.90 Å². The minimum absolute atomic E-state index is 0.0379. The quantitative estimate of drug-likeness (QED) is 0.665. The first-order valence-electron chi connectivity index (χ1n) is 9.69. The van der Waals surface area contributed by atoms with Crippen LogP contribution in [0.4, 0.5) is 0 Å². The molecule has 0 atom stereocenters. The van der Waals surface area contributed by atoms with Crippen LogP contribution in [0.3, 0.4) is 0 Å². The molecule has 0 aliphatic heterocycles. The zero-order valence-corrected chi connectivity index (χ0v) is 15.8. The molecule has 138 valence electrons. The second-order valence-corrected chi connectivity index (χ2v) is 7.19. The summed E-state index contributed by atoms with van der Waals surface area (Å²) in [6.45, 7) is 0.737. The summed E-state index contributed by atoms with van der Waals surface area (Å²) in [6.07, 6.45) is 4.96. The van der Waals surface area contributed by atoms with Crippen molar-refractivity contribution in [3.8, 4) is 5.69 Å². The number of rotatable bonds is 6. The van der Waals surface area contributed by atoms with E-state index in [4.69, 9.17) is 5.10 Å². The van der Waals surface area contributed by atoms with E-state index in [9.17, 15) is 4.79 Å². The molecule has 27 heavy (non-hydrogen) atoms. The molecule has 0 bridgehead atoms. The average Bonchev–Trinajstić information content (AvgIpc) is 3.31. The highest BCUT2D eigenvalue weighted by Crippen LogP contribution is 2.28. The number of carbonyl (C=O) groups excluding carboxylic acids is 1. The van der Waals surface area contributed by atoms with Gasteiger partial charge >= 0.3 is 0 Å². The summed E-state index contributed by atoms with van der Waals surface area (Å²) in [5, 5.41) is 4.71. The Bertz CT molecular complexity index is 916. The van der Waals surface area contributed by atoms with Crippen LogP contribution in [-0.4, -0.2) is 34.2 Å². The molecule has 1 aliphatic rings. The number of benzene rings is 2. The van der Waals surface area contributed by atoms with Gasteiger partial charge in [0.25, 0.3) is 5.91 Å². The van der Waals surface area contributed by atoms with Crippen molar-refractivity contribution in [1.82, 2.24) is 14.7 Å². The maximum atomic E-state index is 13.0. The van der Waals surface area contributed by atoms with Crippen LogP contribution in [0.15, 0.2) is 60.7 Å². The van der Waals surface area contributed by atoms with E-state index in [0.717, 1.165) is 49.9 Å². The number of nitrogens with zero attached hydrogens (tertiary/aromatic N) is 3. The van der Waals surface area contributed by atoms with E-state index in [1.54, 1.807) is 0 Å². The molecule has 0 fully saturated rings. The first kappa shape index (κ1) is 17.5. The lowest BCUT2D eigenvalue weighted by atomic mass is 10.1. The van der Waals surface area contributed by atoms with Crippen molar-refractivity contribution in [2.75, 3.05) is 13.6 Å². The Kier molecular flexibility index (Phi) is 5.05. The number of aromatic nitrogens is 2. The Labute approximate surface area is 160 Å². The van der Waals surface area contributed by atoms with Gasteiger partial charge in [-0.25, -0.2) is 4.68 Å². The van der Waals surface area contributed by atoms with E-state index < -0.39 is 0 Å². The average molecular weight is 359 g/mol.